The second-order valence-corrected chi connectivity index (χ2v) is 5.07. The van der Waals surface area contributed by atoms with Gasteiger partial charge >= 0.3 is 0 Å². The smallest absolute Gasteiger partial charge is 0.277 e. The van der Waals surface area contributed by atoms with Gasteiger partial charge in [0, 0.05) is 11.3 Å². The molecule has 0 fully saturated rings. The van der Waals surface area contributed by atoms with Gasteiger partial charge in [0.1, 0.15) is 5.82 Å². The molecule has 0 radical (unpaired) electrons. The number of aryl methyl sites for hydroxylation is 1. The standard InChI is InChI=1S/C14H12FN5O/c15-8-4-2-6-10-11(8)13(20-18-10)16-14(21)12-7-3-1-5-9(7)17-19-12/h2,4,6H,1,3,5H2,(H,17,19)(H2,16,18,20,21). The quantitative estimate of drug-likeness (QED) is 0.674. The summed E-state index contributed by atoms with van der Waals surface area (Å²) in [7, 11) is 0. The summed E-state index contributed by atoms with van der Waals surface area (Å²) in [5.41, 5.74) is 2.87. The summed E-state index contributed by atoms with van der Waals surface area (Å²) in [5, 5.41) is 16.5. The van der Waals surface area contributed by atoms with Gasteiger partial charge in [-0.3, -0.25) is 15.0 Å². The van der Waals surface area contributed by atoms with Crippen molar-refractivity contribution in [1.29, 1.82) is 0 Å². The maximum Gasteiger partial charge on any atom is 0.277 e. The minimum absolute atomic E-state index is 0.183. The van der Waals surface area contributed by atoms with E-state index in [1.165, 1.54) is 6.07 Å². The maximum absolute atomic E-state index is 13.9. The highest BCUT2D eigenvalue weighted by molar-refractivity contribution is 6.07. The Bertz CT molecular complexity index is 850. The number of fused-ring (bicyclic) bond motifs is 2. The van der Waals surface area contributed by atoms with Crippen molar-refractivity contribution in [3.63, 3.8) is 0 Å². The summed E-state index contributed by atoms with van der Waals surface area (Å²) in [6, 6.07) is 4.62. The zero-order valence-corrected chi connectivity index (χ0v) is 11.0. The van der Waals surface area contributed by atoms with E-state index in [2.05, 4.69) is 25.7 Å². The average Bonchev–Trinajstić information content (AvgIpc) is 3.13. The van der Waals surface area contributed by atoms with E-state index in [1.54, 1.807) is 12.1 Å². The molecule has 7 heteroatoms. The fourth-order valence-corrected chi connectivity index (χ4v) is 2.79. The third kappa shape index (κ3) is 1.81. The Morgan fingerprint density at radius 3 is 3.05 bits per heavy atom. The lowest BCUT2D eigenvalue weighted by molar-refractivity contribution is 0.102. The van der Waals surface area contributed by atoms with Crippen molar-refractivity contribution in [3.05, 3.63) is 41.0 Å². The van der Waals surface area contributed by atoms with E-state index >= 15 is 0 Å². The summed E-state index contributed by atoms with van der Waals surface area (Å²) in [6.45, 7) is 0. The molecule has 4 rings (SSSR count). The van der Waals surface area contributed by atoms with Gasteiger partial charge in [-0.25, -0.2) is 4.39 Å². The molecule has 3 N–H and O–H groups in total. The number of carbonyl (C=O) groups excluding carboxylic acids is 1. The molecular weight excluding hydrogens is 273 g/mol. The Kier molecular flexibility index (Phi) is 2.53. The number of rotatable bonds is 2. The van der Waals surface area contributed by atoms with Crippen molar-refractivity contribution in [2.75, 3.05) is 5.32 Å². The first-order valence-corrected chi connectivity index (χ1v) is 6.74. The number of nitrogens with one attached hydrogen (secondary N) is 3. The molecule has 0 bridgehead atoms. The zero-order valence-electron chi connectivity index (χ0n) is 11.0. The van der Waals surface area contributed by atoms with Crippen LogP contribution < -0.4 is 5.32 Å². The number of nitrogens with zero attached hydrogens (tertiary/aromatic N) is 2. The van der Waals surface area contributed by atoms with Crippen LogP contribution in [0.15, 0.2) is 18.2 Å². The molecule has 21 heavy (non-hydrogen) atoms. The van der Waals surface area contributed by atoms with E-state index in [9.17, 15) is 9.18 Å². The molecule has 1 amide bonds. The number of amides is 1. The maximum atomic E-state index is 13.9. The van der Waals surface area contributed by atoms with Crippen LogP contribution in [0.25, 0.3) is 10.9 Å². The van der Waals surface area contributed by atoms with Crippen molar-refractivity contribution in [3.8, 4) is 0 Å². The highest BCUT2D eigenvalue weighted by atomic mass is 19.1. The van der Waals surface area contributed by atoms with Crippen molar-refractivity contribution in [2.24, 2.45) is 0 Å². The zero-order chi connectivity index (χ0) is 14.4. The summed E-state index contributed by atoms with van der Waals surface area (Å²) in [6.07, 6.45) is 2.77. The minimum Gasteiger partial charge on any atom is -0.303 e. The van der Waals surface area contributed by atoms with Crippen LogP contribution in [-0.4, -0.2) is 26.3 Å². The number of carbonyl (C=O) groups is 1. The molecule has 0 unspecified atom stereocenters. The Morgan fingerprint density at radius 2 is 2.14 bits per heavy atom. The van der Waals surface area contributed by atoms with Crippen LogP contribution >= 0.6 is 0 Å². The molecule has 0 aliphatic heterocycles. The molecule has 3 aromatic rings. The molecular formula is C14H12FN5O. The third-order valence-electron chi connectivity index (χ3n) is 3.79. The van der Waals surface area contributed by atoms with Gasteiger partial charge in [-0.1, -0.05) is 6.07 Å². The van der Waals surface area contributed by atoms with E-state index in [0.717, 1.165) is 30.5 Å². The summed E-state index contributed by atoms with van der Waals surface area (Å²) >= 11 is 0. The Hall–Kier alpha value is -2.70. The molecule has 1 aliphatic carbocycles. The summed E-state index contributed by atoms with van der Waals surface area (Å²) in [5.74, 6) is -0.613. The predicted octanol–water partition coefficient (Wildman–Crippen LogP) is 2.17. The van der Waals surface area contributed by atoms with Crippen molar-refractivity contribution in [2.45, 2.75) is 19.3 Å². The van der Waals surface area contributed by atoms with E-state index in [0.29, 0.717) is 11.2 Å². The lowest BCUT2D eigenvalue weighted by atomic mass is 10.2. The fourth-order valence-electron chi connectivity index (χ4n) is 2.79. The van der Waals surface area contributed by atoms with E-state index in [1.807, 2.05) is 0 Å². The van der Waals surface area contributed by atoms with E-state index in [4.69, 9.17) is 0 Å². The van der Waals surface area contributed by atoms with E-state index in [-0.39, 0.29) is 17.1 Å². The first kappa shape index (κ1) is 12.1. The van der Waals surface area contributed by atoms with Crippen LogP contribution in [0.3, 0.4) is 0 Å². The normalized spacial score (nSPS) is 13.6. The second-order valence-electron chi connectivity index (χ2n) is 5.07. The third-order valence-corrected chi connectivity index (χ3v) is 3.79. The van der Waals surface area contributed by atoms with Gasteiger partial charge in [0.15, 0.2) is 11.5 Å². The molecule has 106 valence electrons. The summed E-state index contributed by atoms with van der Waals surface area (Å²) < 4.78 is 13.9. The van der Waals surface area contributed by atoms with Gasteiger partial charge in [0.05, 0.1) is 10.9 Å². The first-order chi connectivity index (χ1) is 10.2. The SMILES string of the molecule is O=C(Nc1n[nH]c2cccc(F)c12)c1n[nH]c2c1CCC2. The number of benzene rings is 1. The van der Waals surface area contributed by atoms with Gasteiger partial charge in [-0.05, 0) is 31.4 Å². The van der Waals surface area contributed by atoms with Crippen molar-refractivity contribution < 1.29 is 9.18 Å². The van der Waals surface area contributed by atoms with Gasteiger partial charge < -0.3 is 5.32 Å². The Balaban J connectivity index is 1.70. The van der Waals surface area contributed by atoms with Gasteiger partial charge in [0.2, 0.25) is 0 Å². The number of hydrogen-bond donors (Lipinski definition) is 3. The van der Waals surface area contributed by atoms with Crippen LogP contribution in [0.4, 0.5) is 10.2 Å². The van der Waals surface area contributed by atoms with Crippen LogP contribution in [0.5, 0.6) is 0 Å². The molecule has 1 aliphatic rings. The topological polar surface area (TPSA) is 86.5 Å². The molecule has 2 aromatic heterocycles. The highest BCUT2D eigenvalue weighted by Gasteiger charge is 2.24. The van der Waals surface area contributed by atoms with Gasteiger partial charge in [0.25, 0.3) is 5.91 Å². The van der Waals surface area contributed by atoms with Crippen LogP contribution in [0, 0.1) is 5.82 Å². The average molecular weight is 285 g/mol. The highest BCUT2D eigenvalue weighted by Crippen LogP contribution is 2.26. The molecule has 0 spiro atoms. The summed E-state index contributed by atoms with van der Waals surface area (Å²) in [4.78, 5) is 12.3. The number of H-pyrrole nitrogens is 2. The number of aromatic amines is 2. The molecule has 2 heterocycles. The lowest BCUT2D eigenvalue weighted by Gasteiger charge is -2.02. The number of aromatic nitrogens is 4. The molecule has 6 nitrogen and oxygen atoms in total. The van der Waals surface area contributed by atoms with Gasteiger partial charge in [-0.15, -0.1) is 0 Å². The number of anilines is 1. The van der Waals surface area contributed by atoms with Crippen LogP contribution in [-0.2, 0) is 12.8 Å². The van der Waals surface area contributed by atoms with Gasteiger partial charge in [-0.2, -0.15) is 10.2 Å². The Morgan fingerprint density at radius 1 is 1.24 bits per heavy atom. The molecule has 0 atom stereocenters. The first-order valence-electron chi connectivity index (χ1n) is 6.74. The van der Waals surface area contributed by atoms with Crippen molar-refractivity contribution >= 4 is 22.6 Å². The van der Waals surface area contributed by atoms with Crippen LogP contribution in [0.1, 0.15) is 28.2 Å². The number of halogens is 1. The molecule has 1 aromatic carbocycles. The lowest BCUT2D eigenvalue weighted by Crippen LogP contribution is -2.15. The van der Waals surface area contributed by atoms with Crippen molar-refractivity contribution in [1.82, 2.24) is 20.4 Å². The fraction of sp³-hybridized carbons (Fsp3) is 0.214. The molecule has 0 saturated carbocycles. The largest absolute Gasteiger partial charge is 0.303 e. The predicted molar refractivity (Wildman–Crippen MR) is 74.6 cm³/mol. The molecule has 0 saturated heterocycles. The second kappa shape index (κ2) is 4.41. The monoisotopic (exact) mass is 285 g/mol. The number of hydrogen-bond acceptors (Lipinski definition) is 3. The minimum atomic E-state index is -0.427. The van der Waals surface area contributed by atoms with E-state index < -0.39 is 5.82 Å². The van der Waals surface area contributed by atoms with Crippen LogP contribution in [0.2, 0.25) is 0 Å². The Labute approximate surface area is 118 Å².